The van der Waals surface area contributed by atoms with Gasteiger partial charge in [-0.3, -0.25) is 0 Å². The lowest BCUT2D eigenvalue weighted by Crippen LogP contribution is -2.24. The summed E-state index contributed by atoms with van der Waals surface area (Å²) < 4.78 is 2.34. The van der Waals surface area contributed by atoms with Gasteiger partial charge in [0.2, 0.25) is 0 Å². The highest BCUT2D eigenvalue weighted by molar-refractivity contribution is 5.66. The van der Waals surface area contributed by atoms with Gasteiger partial charge in [0.25, 0.3) is 0 Å². The number of hydrogen-bond acceptors (Lipinski definition) is 1. The SMILES string of the molecule is Cc1ccccc1-c1cc2c(n1C)CNCC2. The lowest BCUT2D eigenvalue weighted by Gasteiger charge is -2.15. The maximum atomic E-state index is 3.44. The Morgan fingerprint density at radius 2 is 2.06 bits per heavy atom. The van der Waals surface area contributed by atoms with Crippen molar-refractivity contribution in [2.24, 2.45) is 7.05 Å². The third-order valence-electron chi connectivity index (χ3n) is 3.73. The minimum absolute atomic E-state index is 0.998. The number of nitrogens with one attached hydrogen (secondary N) is 1. The van der Waals surface area contributed by atoms with Crippen LogP contribution in [0.5, 0.6) is 0 Å². The monoisotopic (exact) mass is 226 g/mol. The second-order valence-corrected chi connectivity index (χ2v) is 4.80. The molecule has 0 saturated heterocycles. The van der Waals surface area contributed by atoms with Crippen molar-refractivity contribution >= 4 is 0 Å². The summed E-state index contributed by atoms with van der Waals surface area (Å²) in [6.45, 7) is 4.28. The van der Waals surface area contributed by atoms with E-state index >= 15 is 0 Å². The Labute approximate surface area is 102 Å². The first-order valence-electron chi connectivity index (χ1n) is 6.21. The zero-order chi connectivity index (χ0) is 11.8. The Hall–Kier alpha value is -1.54. The molecule has 0 radical (unpaired) electrons. The van der Waals surface area contributed by atoms with E-state index in [4.69, 9.17) is 0 Å². The fourth-order valence-corrected chi connectivity index (χ4v) is 2.70. The van der Waals surface area contributed by atoms with Gasteiger partial charge >= 0.3 is 0 Å². The first-order valence-corrected chi connectivity index (χ1v) is 6.21. The number of rotatable bonds is 1. The van der Waals surface area contributed by atoms with Crippen LogP contribution in [0.4, 0.5) is 0 Å². The van der Waals surface area contributed by atoms with Crippen molar-refractivity contribution in [2.75, 3.05) is 6.54 Å². The van der Waals surface area contributed by atoms with E-state index < -0.39 is 0 Å². The van der Waals surface area contributed by atoms with Crippen molar-refractivity contribution < 1.29 is 0 Å². The summed E-state index contributed by atoms with van der Waals surface area (Å²) in [7, 11) is 2.17. The van der Waals surface area contributed by atoms with Crippen LogP contribution in [0.3, 0.4) is 0 Å². The van der Waals surface area contributed by atoms with Crippen LogP contribution in [-0.2, 0) is 20.0 Å². The molecule has 0 fully saturated rings. The van der Waals surface area contributed by atoms with E-state index in [0.29, 0.717) is 0 Å². The summed E-state index contributed by atoms with van der Waals surface area (Å²) in [6.07, 6.45) is 1.15. The van der Waals surface area contributed by atoms with E-state index in [0.717, 1.165) is 19.5 Å². The molecule has 1 aromatic heterocycles. The van der Waals surface area contributed by atoms with Gasteiger partial charge in [0, 0.05) is 30.5 Å². The average molecular weight is 226 g/mol. The third-order valence-corrected chi connectivity index (χ3v) is 3.73. The summed E-state index contributed by atoms with van der Waals surface area (Å²) in [5, 5.41) is 3.44. The summed E-state index contributed by atoms with van der Waals surface area (Å²) in [4.78, 5) is 0. The Morgan fingerprint density at radius 3 is 2.82 bits per heavy atom. The van der Waals surface area contributed by atoms with Crippen molar-refractivity contribution in [3.05, 3.63) is 47.2 Å². The third kappa shape index (κ3) is 1.69. The molecule has 1 N–H and O–H groups in total. The summed E-state index contributed by atoms with van der Waals surface area (Å²) in [5.74, 6) is 0. The highest BCUT2D eigenvalue weighted by atomic mass is 15.0. The minimum atomic E-state index is 0.998. The second kappa shape index (κ2) is 4.04. The van der Waals surface area contributed by atoms with Crippen LogP contribution < -0.4 is 5.32 Å². The quantitative estimate of drug-likeness (QED) is 0.791. The molecule has 0 unspecified atom stereocenters. The molecule has 2 heterocycles. The molecule has 0 aliphatic carbocycles. The van der Waals surface area contributed by atoms with Gasteiger partial charge < -0.3 is 9.88 Å². The predicted octanol–water partition coefficient (Wildman–Crippen LogP) is 2.65. The molecule has 17 heavy (non-hydrogen) atoms. The summed E-state index contributed by atoms with van der Waals surface area (Å²) in [5.41, 5.74) is 6.98. The van der Waals surface area contributed by atoms with E-state index in [1.807, 2.05) is 0 Å². The minimum Gasteiger partial charge on any atom is -0.346 e. The van der Waals surface area contributed by atoms with E-state index in [9.17, 15) is 0 Å². The molecule has 2 aromatic rings. The Bertz CT molecular complexity index is 552. The van der Waals surface area contributed by atoms with Gasteiger partial charge in [-0.05, 0) is 37.1 Å². The molecule has 0 bridgehead atoms. The molecule has 3 rings (SSSR count). The zero-order valence-electron chi connectivity index (χ0n) is 10.5. The Balaban J connectivity index is 2.16. The van der Waals surface area contributed by atoms with E-state index in [2.05, 4.69) is 54.2 Å². The maximum absolute atomic E-state index is 3.44. The van der Waals surface area contributed by atoms with Gasteiger partial charge in [-0.1, -0.05) is 24.3 Å². The summed E-state index contributed by atoms with van der Waals surface area (Å²) >= 11 is 0. The molecule has 88 valence electrons. The predicted molar refractivity (Wildman–Crippen MR) is 71.0 cm³/mol. The second-order valence-electron chi connectivity index (χ2n) is 4.80. The first-order chi connectivity index (χ1) is 8.27. The van der Waals surface area contributed by atoms with E-state index in [1.165, 1.54) is 28.1 Å². The van der Waals surface area contributed by atoms with Crippen molar-refractivity contribution in [1.29, 1.82) is 0 Å². The van der Waals surface area contributed by atoms with Gasteiger partial charge in [0.1, 0.15) is 0 Å². The van der Waals surface area contributed by atoms with Gasteiger partial charge in [0.05, 0.1) is 0 Å². The van der Waals surface area contributed by atoms with E-state index in [1.54, 1.807) is 0 Å². The number of benzene rings is 1. The standard InChI is InChI=1S/C15H18N2/c1-11-5-3-4-6-13(11)14-9-12-7-8-16-10-15(12)17(14)2/h3-6,9,16H,7-8,10H2,1-2H3. The molecule has 0 saturated carbocycles. The van der Waals surface area contributed by atoms with Gasteiger partial charge in [0.15, 0.2) is 0 Å². The van der Waals surface area contributed by atoms with E-state index in [-0.39, 0.29) is 0 Å². The van der Waals surface area contributed by atoms with Crippen LogP contribution in [0.25, 0.3) is 11.3 Å². The average Bonchev–Trinajstić information content (AvgIpc) is 2.68. The molecular weight excluding hydrogens is 208 g/mol. The molecule has 1 aromatic carbocycles. The fourth-order valence-electron chi connectivity index (χ4n) is 2.70. The molecule has 0 amide bonds. The molecular formula is C15H18N2. The normalized spacial score (nSPS) is 14.7. The fraction of sp³-hybridized carbons (Fsp3) is 0.333. The zero-order valence-corrected chi connectivity index (χ0v) is 10.5. The lowest BCUT2D eigenvalue weighted by atomic mass is 10.0. The van der Waals surface area contributed by atoms with Crippen molar-refractivity contribution in [3.8, 4) is 11.3 Å². The van der Waals surface area contributed by atoms with Crippen molar-refractivity contribution in [3.63, 3.8) is 0 Å². The number of aromatic nitrogens is 1. The van der Waals surface area contributed by atoms with Crippen LogP contribution in [-0.4, -0.2) is 11.1 Å². The number of fused-ring (bicyclic) bond motifs is 1. The maximum Gasteiger partial charge on any atom is 0.0485 e. The highest BCUT2D eigenvalue weighted by Crippen LogP contribution is 2.28. The molecule has 2 heteroatoms. The highest BCUT2D eigenvalue weighted by Gasteiger charge is 2.16. The van der Waals surface area contributed by atoms with Crippen LogP contribution >= 0.6 is 0 Å². The largest absolute Gasteiger partial charge is 0.346 e. The van der Waals surface area contributed by atoms with Gasteiger partial charge in [-0.25, -0.2) is 0 Å². The van der Waals surface area contributed by atoms with Gasteiger partial charge in [-0.2, -0.15) is 0 Å². The Morgan fingerprint density at radius 1 is 1.24 bits per heavy atom. The smallest absolute Gasteiger partial charge is 0.0485 e. The number of aryl methyl sites for hydroxylation is 1. The van der Waals surface area contributed by atoms with Crippen LogP contribution in [0.1, 0.15) is 16.8 Å². The Kier molecular flexibility index (Phi) is 2.52. The molecule has 0 spiro atoms. The summed E-state index contributed by atoms with van der Waals surface area (Å²) in [6, 6.07) is 11.0. The number of hydrogen-bond donors (Lipinski definition) is 1. The molecule has 0 atom stereocenters. The van der Waals surface area contributed by atoms with Gasteiger partial charge in [-0.15, -0.1) is 0 Å². The van der Waals surface area contributed by atoms with Crippen molar-refractivity contribution in [2.45, 2.75) is 19.9 Å². The first kappa shape index (κ1) is 10.6. The lowest BCUT2D eigenvalue weighted by molar-refractivity contribution is 0.611. The molecule has 1 aliphatic heterocycles. The van der Waals surface area contributed by atoms with Crippen LogP contribution in [0.2, 0.25) is 0 Å². The molecule has 1 aliphatic rings. The van der Waals surface area contributed by atoms with Crippen LogP contribution in [0, 0.1) is 6.92 Å². The van der Waals surface area contributed by atoms with Crippen LogP contribution in [0.15, 0.2) is 30.3 Å². The molecule has 2 nitrogen and oxygen atoms in total. The topological polar surface area (TPSA) is 17.0 Å². The number of nitrogens with zero attached hydrogens (tertiary/aromatic N) is 1. The van der Waals surface area contributed by atoms with Crippen molar-refractivity contribution in [1.82, 2.24) is 9.88 Å².